The molecule has 0 unspecified atom stereocenters. The molecule has 2 aromatic rings. The Kier molecular flexibility index (Phi) is 2.35. The van der Waals surface area contributed by atoms with E-state index in [9.17, 15) is 0 Å². The standard InChI is InChI=1S/C13H16N2/c1-8(2)10-5-4-9(3)12-11(10)6-7-15-13(12)14/h4-8H,1-3H3,(H2,14,15). The van der Waals surface area contributed by atoms with Gasteiger partial charge in [0.25, 0.3) is 0 Å². The second kappa shape index (κ2) is 3.54. The molecule has 0 bridgehead atoms. The molecule has 0 radical (unpaired) electrons. The van der Waals surface area contributed by atoms with Crippen LogP contribution in [0.3, 0.4) is 0 Å². The lowest BCUT2D eigenvalue weighted by atomic mass is 9.95. The summed E-state index contributed by atoms with van der Waals surface area (Å²) in [6.45, 7) is 6.42. The van der Waals surface area contributed by atoms with E-state index in [1.165, 1.54) is 10.9 Å². The second-order valence-corrected chi connectivity index (χ2v) is 4.27. The van der Waals surface area contributed by atoms with E-state index in [1.54, 1.807) is 0 Å². The molecule has 2 heteroatoms. The first-order valence-corrected chi connectivity index (χ1v) is 5.26. The lowest BCUT2D eigenvalue weighted by Crippen LogP contribution is -2.08. The minimum Gasteiger partial charge on any atom is -0.347 e. The van der Waals surface area contributed by atoms with Crippen LogP contribution in [0, 0.1) is 12.3 Å². The second-order valence-electron chi connectivity index (χ2n) is 4.27. The van der Waals surface area contributed by atoms with Gasteiger partial charge in [-0.2, -0.15) is 0 Å². The summed E-state index contributed by atoms with van der Waals surface area (Å²) in [6.07, 6.45) is 1.84. The van der Waals surface area contributed by atoms with Crippen molar-refractivity contribution in [2.75, 3.05) is 0 Å². The Morgan fingerprint density at radius 3 is 2.60 bits per heavy atom. The average molecular weight is 200 g/mol. The van der Waals surface area contributed by atoms with Crippen molar-refractivity contribution >= 4 is 10.8 Å². The summed E-state index contributed by atoms with van der Waals surface area (Å²) in [5, 5.41) is 10.1. The van der Waals surface area contributed by atoms with Gasteiger partial charge in [-0.05, 0) is 35.4 Å². The Labute approximate surface area is 89.5 Å². The maximum Gasteiger partial charge on any atom is 0.130 e. The first-order chi connectivity index (χ1) is 7.11. The predicted octanol–water partition coefficient (Wildman–Crippen LogP) is 3.08. The van der Waals surface area contributed by atoms with Crippen LogP contribution in [0.5, 0.6) is 0 Å². The smallest absolute Gasteiger partial charge is 0.130 e. The van der Waals surface area contributed by atoms with Gasteiger partial charge in [-0.1, -0.05) is 26.0 Å². The van der Waals surface area contributed by atoms with Gasteiger partial charge in [0.2, 0.25) is 0 Å². The number of nitrogens with one attached hydrogen (secondary N) is 2. The number of benzene rings is 1. The van der Waals surface area contributed by atoms with Crippen molar-refractivity contribution in [3.8, 4) is 0 Å². The van der Waals surface area contributed by atoms with Crippen molar-refractivity contribution in [1.29, 1.82) is 5.41 Å². The first-order valence-electron chi connectivity index (χ1n) is 5.26. The van der Waals surface area contributed by atoms with Crippen LogP contribution in [0.2, 0.25) is 0 Å². The van der Waals surface area contributed by atoms with E-state index in [4.69, 9.17) is 5.41 Å². The monoisotopic (exact) mass is 200 g/mol. The number of rotatable bonds is 1. The third kappa shape index (κ3) is 1.56. The maximum atomic E-state index is 7.89. The molecule has 1 aromatic heterocycles. The summed E-state index contributed by atoms with van der Waals surface area (Å²) in [7, 11) is 0. The molecule has 0 aliphatic carbocycles. The molecule has 0 aliphatic heterocycles. The molecular formula is C13H16N2. The van der Waals surface area contributed by atoms with Crippen LogP contribution in [0.15, 0.2) is 24.4 Å². The van der Waals surface area contributed by atoms with Gasteiger partial charge in [0, 0.05) is 11.6 Å². The largest absolute Gasteiger partial charge is 0.347 e. The summed E-state index contributed by atoms with van der Waals surface area (Å²) in [6, 6.07) is 6.33. The van der Waals surface area contributed by atoms with E-state index in [2.05, 4.69) is 44.0 Å². The SMILES string of the molecule is Cc1ccc(C(C)C)c2cc[nH]c(=N)c12. The van der Waals surface area contributed by atoms with Crippen molar-refractivity contribution in [3.05, 3.63) is 41.0 Å². The lowest BCUT2D eigenvalue weighted by Gasteiger charge is -2.11. The highest BCUT2D eigenvalue weighted by Gasteiger charge is 2.07. The molecule has 78 valence electrons. The number of aromatic amines is 1. The average Bonchev–Trinajstić information content (AvgIpc) is 2.17. The van der Waals surface area contributed by atoms with Crippen LogP contribution in [-0.2, 0) is 0 Å². The van der Waals surface area contributed by atoms with Crippen molar-refractivity contribution in [1.82, 2.24) is 4.98 Å². The molecule has 1 aromatic carbocycles. The molecule has 15 heavy (non-hydrogen) atoms. The van der Waals surface area contributed by atoms with Crippen LogP contribution < -0.4 is 5.49 Å². The topological polar surface area (TPSA) is 39.6 Å². The van der Waals surface area contributed by atoms with E-state index >= 15 is 0 Å². The minimum atomic E-state index is 0.495. The number of hydrogen-bond acceptors (Lipinski definition) is 1. The summed E-state index contributed by atoms with van der Waals surface area (Å²) < 4.78 is 0. The molecule has 0 aliphatic rings. The van der Waals surface area contributed by atoms with E-state index in [-0.39, 0.29) is 0 Å². The minimum absolute atomic E-state index is 0.495. The molecule has 0 saturated carbocycles. The van der Waals surface area contributed by atoms with Crippen LogP contribution in [-0.4, -0.2) is 4.98 Å². The van der Waals surface area contributed by atoms with Crippen molar-refractivity contribution in [3.63, 3.8) is 0 Å². The molecule has 2 rings (SSSR count). The van der Waals surface area contributed by atoms with E-state index < -0.39 is 0 Å². The first kappa shape index (κ1) is 9.97. The van der Waals surface area contributed by atoms with Gasteiger partial charge in [0.1, 0.15) is 5.49 Å². The fourth-order valence-electron chi connectivity index (χ4n) is 2.04. The van der Waals surface area contributed by atoms with Crippen molar-refractivity contribution in [2.45, 2.75) is 26.7 Å². The van der Waals surface area contributed by atoms with Gasteiger partial charge in [0.05, 0.1) is 0 Å². The van der Waals surface area contributed by atoms with Crippen LogP contribution in [0.4, 0.5) is 0 Å². The zero-order valence-corrected chi connectivity index (χ0v) is 9.39. The highest BCUT2D eigenvalue weighted by Crippen LogP contribution is 2.24. The highest BCUT2D eigenvalue weighted by atomic mass is 14.7. The third-order valence-corrected chi connectivity index (χ3v) is 2.84. The van der Waals surface area contributed by atoms with Gasteiger partial charge >= 0.3 is 0 Å². The number of aromatic nitrogens is 1. The molecule has 2 nitrogen and oxygen atoms in total. The molecule has 0 spiro atoms. The van der Waals surface area contributed by atoms with Gasteiger partial charge in [0.15, 0.2) is 0 Å². The quantitative estimate of drug-likeness (QED) is 0.710. The Balaban J connectivity index is 2.95. The Morgan fingerprint density at radius 2 is 1.93 bits per heavy atom. The fraction of sp³-hybridized carbons (Fsp3) is 0.308. The van der Waals surface area contributed by atoms with Crippen molar-refractivity contribution < 1.29 is 0 Å². The summed E-state index contributed by atoms with van der Waals surface area (Å²) in [4.78, 5) is 2.95. The molecule has 0 atom stereocenters. The molecule has 2 N–H and O–H groups in total. The predicted molar refractivity (Wildman–Crippen MR) is 63.0 cm³/mol. The molecular weight excluding hydrogens is 184 g/mol. The van der Waals surface area contributed by atoms with Crippen molar-refractivity contribution in [2.24, 2.45) is 0 Å². The number of hydrogen-bond donors (Lipinski definition) is 2. The van der Waals surface area contributed by atoms with Gasteiger partial charge in [-0.15, -0.1) is 0 Å². The summed E-state index contributed by atoms with van der Waals surface area (Å²) in [5.41, 5.74) is 2.99. The number of H-pyrrole nitrogens is 1. The van der Waals surface area contributed by atoms with E-state index in [1.807, 2.05) is 6.20 Å². The molecule has 0 amide bonds. The molecule has 1 heterocycles. The molecule has 0 saturated heterocycles. The summed E-state index contributed by atoms with van der Waals surface area (Å²) >= 11 is 0. The van der Waals surface area contributed by atoms with E-state index in [0.717, 1.165) is 10.9 Å². The van der Waals surface area contributed by atoms with Gasteiger partial charge < -0.3 is 4.98 Å². The normalized spacial score (nSPS) is 11.2. The highest BCUT2D eigenvalue weighted by molar-refractivity contribution is 5.87. The van der Waals surface area contributed by atoms with Gasteiger partial charge in [-0.3, -0.25) is 5.41 Å². The van der Waals surface area contributed by atoms with Crippen LogP contribution in [0.25, 0.3) is 10.8 Å². The lowest BCUT2D eigenvalue weighted by molar-refractivity contribution is 0.875. The fourth-order valence-corrected chi connectivity index (χ4v) is 2.04. The maximum absolute atomic E-state index is 7.89. The number of pyridine rings is 1. The number of fused-ring (bicyclic) bond motifs is 1. The number of aryl methyl sites for hydroxylation is 1. The zero-order valence-electron chi connectivity index (χ0n) is 9.39. The van der Waals surface area contributed by atoms with Crippen LogP contribution >= 0.6 is 0 Å². The molecule has 0 fully saturated rings. The Bertz CT molecular complexity index is 550. The third-order valence-electron chi connectivity index (χ3n) is 2.84. The Morgan fingerprint density at radius 1 is 1.20 bits per heavy atom. The summed E-state index contributed by atoms with van der Waals surface area (Å²) in [5.74, 6) is 0.495. The van der Waals surface area contributed by atoms with Crippen LogP contribution in [0.1, 0.15) is 30.9 Å². The van der Waals surface area contributed by atoms with E-state index in [0.29, 0.717) is 11.4 Å². The zero-order chi connectivity index (χ0) is 11.0. The Hall–Kier alpha value is -1.57. The van der Waals surface area contributed by atoms with Gasteiger partial charge in [-0.25, -0.2) is 0 Å².